The number of rotatable bonds is 7. The third-order valence-corrected chi connectivity index (χ3v) is 4.90. The fourth-order valence-electron chi connectivity index (χ4n) is 3.41. The third-order valence-electron chi connectivity index (χ3n) is 4.90. The minimum Gasteiger partial charge on any atom is -0.444 e. The van der Waals surface area contributed by atoms with Crippen molar-refractivity contribution >= 4 is 24.0 Å². The first kappa shape index (κ1) is 28.5. The number of nitrogens with one attached hydrogen (secondary N) is 4. The zero-order valence-corrected chi connectivity index (χ0v) is 21.3. The smallest absolute Gasteiger partial charge is 0.408 e. The van der Waals surface area contributed by atoms with Gasteiger partial charge >= 0.3 is 12.2 Å². The van der Waals surface area contributed by atoms with E-state index in [0.717, 1.165) is 12.8 Å². The average Bonchev–Trinajstić information content (AvgIpc) is 2.61. The van der Waals surface area contributed by atoms with E-state index >= 15 is 0 Å². The van der Waals surface area contributed by atoms with E-state index in [1.54, 1.807) is 55.4 Å². The summed E-state index contributed by atoms with van der Waals surface area (Å²) in [6.45, 7) is 14.1. The Morgan fingerprint density at radius 2 is 1.27 bits per heavy atom. The van der Waals surface area contributed by atoms with Crippen molar-refractivity contribution in [2.45, 2.75) is 104 Å². The molecule has 4 N–H and O–H groups in total. The predicted molar refractivity (Wildman–Crippen MR) is 125 cm³/mol. The number of hydrogen-bond donors (Lipinski definition) is 4. The van der Waals surface area contributed by atoms with Gasteiger partial charge in [-0.25, -0.2) is 9.59 Å². The minimum absolute atomic E-state index is 0.170. The molecule has 0 aromatic carbocycles. The number of ether oxygens (including phenoxy) is 2. The highest BCUT2D eigenvalue weighted by molar-refractivity contribution is 5.89. The van der Waals surface area contributed by atoms with Crippen LogP contribution in [0.3, 0.4) is 0 Å². The first-order chi connectivity index (χ1) is 15.0. The van der Waals surface area contributed by atoms with Crippen molar-refractivity contribution in [1.29, 1.82) is 0 Å². The van der Waals surface area contributed by atoms with E-state index in [1.165, 1.54) is 0 Å². The second-order valence-electron chi connectivity index (χ2n) is 10.9. The maximum absolute atomic E-state index is 12.7. The van der Waals surface area contributed by atoms with Crippen molar-refractivity contribution in [3.8, 4) is 0 Å². The van der Waals surface area contributed by atoms with Gasteiger partial charge in [-0.3, -0.25) is 9.59 Å². The minimum atomic E-state index is -1.18. The second-order valence-corrected chi connectivity index (χ2v) is 10.9. The number of carbonyl (C=O) groups excluding carboxylic acids is 4. The van der Waals surface area contributed by atoms with E-state index < -0.39 is 34.8 Å². The molecule has 2 unspecified atom stereocenters. The Kier molecular flexibility index (Phi) is 9.99. The van der Waals surface area contributed by atoms with Gasteiger partial charge in [-0.1, -0.05) is 12.8 Å². The van der Waals surface area contributed by atoms with Gasteiger partial charge in [-0.15, -0.1) is 0 Å². The summed E-state index contributed by atoms with van der Waals surface area (Å²) in [5.74, 6) is -0.923. The summed E-state index contributed by atoms with van der Waals surface area (Å²) in [6, 6.07) is -0.292. The summed E-state index contributed by atoms with van der Waals surface area (Å²) in [5.41, 5.74) is -2.46. The van der Waals surface area contributed by atoms with Crippen molar-refractivity contribution < 1.29 is 28.7 Å². The Labute approximate surface area is 197 Å². The molecule has 1 aliphatic carbocycles. The molecule has 4 amide bonds. The van der Waals surface area contributed by atoms with Gasteiger partial charge in [0.1, 0.15) is 16.7 Å². The van der Waals surface area contributed by atoms with Gasteiger partial charge in [0.25, 0.3) is 0 Å². The molecule has 33 heavy (non-hydrogen) atoms. The van der Waals surface area contributed by atoms with Crippen LogP contribution in [0.25, 0.3) is 0 Å². The van der Waals surface area contributed by atoms with Gasteiger partial charge in [0.05, 0.1) is 5.92 Å². The highest BCUT2D eigenvalue weighted by Gasteiger charge is 2.34. The van der Waals surface area contributed by atoms with Gasteiger partial charge in [-0.2, -0.15) is 0 Å². The molecule has 0 aromatic heterocycles. The highest BCUT2D eigenvalue weighted by Crippen LogP contribution is 2.25. The molecule has 10 nitrogen and oxygen atoms in total. The van der Waals surface area contributed by atoms with Crippen LogP contribution >= 0.6 is 0 Å². The number of amides is 4. The molecular formula is C23H42N4O6. The molecule has 0 aromatic rings. The van der Waals surface area contributed by atoms with Gasteiger partial charge in [0.2, 0.25) is 11.8 Å². The van der Waals surface area contributed by atoms with Gasteiger partial charge in [0, 0.05) is 19.1 Å². The lowest BCUT2D eigenvalue weighted by molar-refractivity contribution is -0.128. The molecule has 0 aliphatic heterocycles. The third kappa shape index (κ3) is 11.3. The normalized spacial score (nSPS) is 19.2. The monoisotopic (exact) mass is 470 g/mol. The van der Waals surface area contributed by atoms with Crippen LogP contribution in [-0.2, 0) is 19.1 Å². The summed E-state index contributed by atoms with van der Waals surface area (Å²) in [6.07, 6.45) is 2.01. The van der Waals surface area contributed by atoms with Crippen LogP contribution in [-0.4, -0.2) is 59.9 Å². The van der Waals surface area contributed by atoms with Crippen LogP contribution in [0.5, 0.6) is 0 Å². The quantitative estimate of drug-likeness (QED) is 0.423. The Morgan fingerprint density at radius 3 is 1.85 bits per heavy atom. The predicted octanol–water partition coefficient (Wildman–Crippen LogP) is 2.61. The van der Waals surface area contributed by atoms with Crippen molar-refractivity contribution in [2.24, 2.45) is 5.92 Å². The summed E-state index contributed by atoms with van der Waals surface area (Å²) >= 11 is 0. The van der Waals surface area contributed by atoms with Crippen LogP contribution in [0, 0.1) is 5.92 Å². The number of carbonyl (C=O) groups is 4. The van der Waals surface area contributed by atoms with Crippen LogP contribution in [0.1, 0.15) is 81.1 Å². The lowest BCUT2D eigenvalue weighted by Crippen LogP contribution is -2.56. The largest absolute Gasteiger partial charge is 0.444 e. The molecule has 2 atom stereocenters. The fourth-order valence-corrected chi connectivity index (χ4v) is 3.41. The van der Waals surface area contributed by atoms with Crippen LogP contribution in [0.4, 0.5) is 9.59 Å². The summed E-state index contributed by atoms with van der Waals surface area (Å²) in [4.78, 5) is 49.2. The molecule has 190 valence electrons. The summed E-state index contributed by atoms with van der Waals surface area (Å²) in [7, 11) is 0. The van der Waals surface area contributed by atoms with E-state index in [9.17, 15) is 19.2 Å². The van der Waals surface area contributed by atoms with E-state index in [2.05, 4.69) is 21.3 Å². The zero-order chi connectivity index (χ0) is 25.4. The van der Waals surface area contributed by atoms with Crippen molar-refractivity contribution in [1.82, 2.24) is 21.3 Å². The molecule has 0 radical (unpaired) electrons. The van der Waals surface area contributed by atoms with Crippen molar-refractivity contribution in [3.05, 3.63) is 0 Å². The van der Waals surface area contributed by atoms with Crippen LogP contribution in [0.15, 0.2) is 0 Å². The van der Waals surface area contributed by atoms with E-state index in [-0.39, 0.29) is 31.0 Å². The Balaban J connectivity index is 2.48. The van der Waals surface area contributed by atoms with Crippen LogP contribution < -0.4 is 21.3 Å². The molecule has 1 aliphatic rings. The first-order valence-corrected chi connectivity index (χ1v) is 11.6. The maximum Gasteiger partial charge on any atom is 0.408 e. The molecule has 10 heteroatoms. The second kappa shape index (κ2) is 11.6. The molecule has 1 fully saturated rings. The van der Waals surface area contributed by atoms with Gasteiger partial charge in [-0.05, 0) is 68.2 Å². The highest BCUT2D eigenvalue weighted by atomic mass is 16.6. The maximum atomic E-state index is 12.7. The van der Waals surface area contributed by atoms with Gasteiger partial charge in [0.15, 0.2) is 0 Å². The summed E-state index contributed by atoms with van der Waals surface area (Å²) in [5, 5.41) is 10.9. The molecule has 0 spiro atoms. The fraction of sp³-hybridized carbons (Fsp3) is 0.826. The number of hydrogen-bond acceptors (Lipinski definition) is 6. The number of alkyl carbamates (subject to hydrolysis) is 2. The lowest BCUT2D eigenvalue weighted by Gasteiger charge is -2.32. The van der Waals surface area contributed by atoms with Gasteiger partial charge < -0.3 is 30.7 Å². The molecule has 1 rings (SSSR count). The lowest BCUT2D eigenvalue weighted by atomic mass is 9.84. The Hall–Kier alpha value is -2.52. The van der Waals surface area contributed by atoms with Crippen LogP contribution in [0.2, 0.25) is 0 Å². The molecular weight excluding hydrogens is 428 g/mol. The molecule has 1 saturated carbocycles. The average molecular weight is 471 g/mol. The summed E-state index contributed by atoms with van der Waals surface area (Å²) < 4.78 is 10.5. The van der Waals surface area contributed by atoms with E-state index in [1.807, 2.05) is 0 Å². The van der Waals surface area contributed by atoms with E-state index in [4.69, 9.17) is 9.47 Å². The van der Waals surface area contributed by atoms with E-state index in [0.29, 0.717) is 12.8 Å². The topological polar surface area (TPSA) is 135 Å². The van der Waals surface area contributed by atoms with Crippen molar-refractivity contribution in [3.63, 3.8) is 0 Å². The Morgan fingerprint density at radius 1 is 0.758 bits per heavy atom. The first-order valence-electron chi connectivity index (χ1n) is 11.6. The molecule has 0 saturated heterocycles. The standard InChI is InChI=1S/C23H42N4O6/c1-21(2,3)32-19(30)26-16-12-10-9-11-15(16)17(28)24-13-14-25-18(29)23(7,8)27-20(31)33-22(4,5)6/h15-16H,9-14H2,1-8H3,(H,24,28)(H,25,29)(H,26,30)(H,27,31). The molecule has 0 heterocycles. The Bertz CT molecular complexity index is 709. The van der Waals surface area contributed by atoms with Crippen molar-refractivity contribution in [2.75, 3.05) is 13.1 Å². The molecule has 0 bridgehead atoms. The SMILES string of the molecule is CC(C)(C)OC(=O)NC1CCCCC1C(=O)NCCNC(=O)C(C)(C)NC(=O)OC(C)(C)C. The zero-order valence-electron chi connectivity index (χ0n) is 21.3.